The highest BCUT2D eigenvalue weighted by atomic mass is 19.1. The SMILES string of the molecule is CCC(C(=O)NC1CCCC1)N(Cc1ccc(F)cc1)C(=O)CCc1ccc(C(C)C)cc1. The maximum Gasteiger partial charge on any atom is 0.243 e. The zero-order valence-corrected chi connectivity index (χ0v) is 20.1. The van der Waals surface area contributed by atoms with E-state index in [2.05, 4.69) is 43.4 Å². The van der Waals surface area contributed by atoms with E-state index in [1.807, 2.05) is 6.92 Å². The van der Waals surface area contributed by atoms with E-state index in [0.717, 1.165) is 36.8 Å². The van der Waals surface area contributed by atoms with E-state index < -0.39 is 6.04 Å². The Bertz CT molecular complexity index is 902. The molecule has 0 heterocycles. The van der Waals surface area contributed by atoms with Crippen molar-refractivity contribution in [3.63, 3.8) is 0 Å². The normalized spacial score (nSPS) is 14.9. The standard InChI is InChI=1S/C28H37FN2O2/c1-4-26(28(33)30-25-7-5-6-8-25)31(19-22-11-16-24(29)17-12-22)27(32)18-13-21-9-14-23(15-10-21)20(2)3/h9-12,14-17,20,25-26H,4-8,13,18-19H2,1-3H3,(H,30,33). The third-order valence-electron chi connectivity index (χ3n) is 6.63. The van der Waals surface area contributed by atoms with Gasteiger partial charge in [0.2, 0.25) is 11.8 Å². The minimum absolute atomic E-state index is 0.0549. The average molecular weight is 453 g/mol. The van der Waals surface area contributed by atoms with Crippen LogP contribution >= 0.6 is 0 Å². The molecule has 2 aromatic carbocycles. The van der Waals surface area contributed by atoms with Gasteiger partial charge in [-0.3, -0.25) is 9.59 Å². The molecular formula is C28H37FN2O2. The Morgan fingerprint density at radius 1 is 1.00 bits per heavy atom. The molecule has 2 aromatic rings. The number of aryl methyl sites for hydroxylation is 1. The van der Waals surface area contributed by atoms with Crippen LogP contribution in [0.15, 0.2) is 48.5 Å². The summed E-state index contributed by atoms with van der Waals surface area (Å²) in [5.41, 5.74) is 3.20. The largest absolute Gasteiger partial charge is 0.352 e. The zero-order valence-electron chi connectivity index (χ0n) is 20.1. The summed E-state index contributed by atoms with van der Waals surface area (Å²) in [6, 6.07) is 14.2. The number of nitrogens with one attached hydrogen (secondary N) is 1. The summed E-state index contributed by atoms with van der Waals surface area (Å²) in [6.45, 7) is 6.55. The van der Waals surface area contributed by atoms with Gasteiger partial charge in [-0.25, -0.2) is 4.39 Å². The van der Waals surface area contributed by atoms with Crippen LogP contribution in [-0.2, 0) is 22.6 Å². The predicted molar refractivity (Wildman–Crippen MR) is 130 cm³/mol. The van der Waals surface area contributed by atoms with Crippen molar-refractivity contribution in [2.45, 2.75) is 90.3 Å². The van der Waals surface area contributed by atoms with Crippen molar-refractivity contribution in [1.82, 2.24) is 10.2 Å². The van der Waals surface area contributed by atoms with Crippen LogP contribution in [0.3, 0.4) is 0 Å². The van der Waals surface area contributed by atoms with Gasteiger partial charge in [0, 0.05) is 19.0 Å². The smallest absolute Gasteiger partial charge is 0.243 e. The van der Waals surface area contributed by atoms with Crippen LogP contribution in [0.5, 0.6) is 0 Å². The lowest BCUT2D eigenvalue weighted by atomic mass is 10.00. The molecule has 0 bridgehead atoms. The van der Waals surface area contributed by atoms with E-state index in [1.54, 1.807) is 17.0 Å². The quantitative estimate of drug-likeness (QED) is 0.499. The number of hydrogen-bond donors (Lipinski definition) is 1. The van der Waals surface area contributed by atoms with Crippen molar-refractivity contribution in [3.05, 3.63) is 71.0 Å². The van der Waals surface area contributed by atoms with Crippen molar-refractivity contribution < 1.29 is 14.0 Å². The van der Waals surface area contributed by atoms with Crippen molar-refractivity contribution in [2.24, 2.45) is 0 Å². The molecule has 5 heteroatoms. The predicted octanol–water partition coefficient (Wildman–Crippen LogP) is 5.75. The van der Waals surface area contributed by atoms with E-state index in [1.165, 1.54) is 17.7 Å². The van der Waals surface area contributed by atoms with Gasteiger partial charge in [0.1, 0.15) is 11.9 Å². The fourth-order valence-electron chi connectivity index (χ4n) is 4.54. The van der Waals surface area contributed by atoms with Gasteiger partial charge in [-0.1, -0.05) is 70.0 Å². The zero-order chi connectivity index (χ0) is 23.8. The molecule has 1 unspecified atom stereocenters. The van der Waals surface area contributed by atoms with Crippen LogP contribution in [0.1, 0.15) is 81.9 Å². The Labute approximate surface area is 197 Å². The second-order valence-corrected chi connectivity index (χ2v) is 9.46. The first-order valence-corrected chi connectivity index (χ1v) is 12.3. The van der Waals surface area contributed by atoms with Gasteiger partial charge in [0.25, 0.3) is 0 Å². The van der Waals surface area contributed by atoms with Gasteiger partial charge in [-0.05, 0) is 60.4 Å². The number of nitrogens with zero attached hydrogens (tertiary/aromatic N) is 1. The summed E-state index contributed by atoms with van der Waals surface area (Å²) in [5.74, 6) is 0.0184. The summed E-state index contributed by atoms with van der Waals surface area (Å²) in [6.07, 6.45) is 5.76. The number of carbonyl (C=O) groups is 2. The second kappa shape index (κ2) is 12.0. The summed E-state index contributed by atoms with van der Waals surface area (Å²) in [5, 5.41) is 3.16. The van der Waals surface area contributed by atoms with Crippen molar-refractivity contribution >= 4 is 11.8 Å². The van der Waals surface area contributed by atoms with Crippen LogP contribution < -0.4 is 5.32 Å². The molecule has 0 aliphatic heterocycles. The van der Waals surface area contributed by atoms with Gasteiger partial charge in [-0.2, -0.15) is 0 Å². The van der Waals surface area contributed by atoms with E-state index in [0.29, 0.717) is 31.7 Å². The third-order valence-corrected chi connectivity index (χ3v) is 6.63. The van der Waals surface area contributed by atoms with E-state index in [9.17, 15) is 14.0 Å². The minimum atomic E-state index is -0.536. The van der Waals surface area contributed by atoms with E-state index in [4.69, 9.17) is 0 Å². The molecule has 0 aromatic heterocycles. The summed E-state index contributed by atoms with van der Waals surface area (Å²) in [4.78, 5) is 28.2. The molecule has 0 saturated heterocycles. The molecule has 0 radical (unpaired) electrons. The Morgan fingerprint density at radius 3 is 2.18 bits per heavy atom. The molecule has 3 rings (SSSR count). The molecular weight excluding hydrogens is 415 g/mol. The molecule has 1 aliphatic rings. The first-order chi connectivity index (χ1) is 15.9. The van der Waals surface area contributed by atoms with Gasteiger partial charge in [-0.15, -0.1) is 0 Å². The first-order valence-electron chi connectivity index (χ1n) is 12.3. The molecule has 4 nitrogen and oxygen atoms in total. The molecule has 0 spiro atoms. The molecule has 33 heavy (non-hydrogen) atoms. The minimum Gasteiger partial charge on any atom is -0.352 e. The fourth-order valence-corrected chi connectivity index (χ4v) is 4.54. The highest BCUT2D eigenvalue weighted by Crippen LogP contribution is 2.20. The lowest BCUT2D eigenvalue weighted by Gasteiger charge is -2.31. The fraction of sp³-hybridized carbons (Fsp3) is 0.500. The van der Waals surface area contributed by atoms with Gasteiger partial charge in [0.15, 0.2) is 0 Å². The Balaban J connectivity index is 1.73. The van der Waals surface area contributed by atoms with Crippen LogP contribution in [0.2, 0.25) is 0 Å². The van der Waals surface area contributed by atoms with E-state index >= 15 is 0 Å². The maximum atomic E-state index is 13.4. The topological polar surface area (TPSA) is 49.4 Å². The molecule has 1 aliphatic carbocycles. The van der Waals surface area contributed by atoms with Crippen LogP contribution in [0.4, 0.5) is 4.39 Å². The lowest BCUT2D eigenvalue weighted by Crippen LogP contribution is -2.51. The van der Waals surface area contributed by atoms with Crippen molar-refractivity contribution in [1.29, 1.82) is 0 Å². The van der Waals surface area contributed by atoms with Crippen LogP contribution in [-0.4, -0.2) is 28.8 Å². The monoisotopic (exact) mass is 452 g/mol. The van der Waals surface area contributed by atoms with Crippen molar-refractivity contribution in [3.8, 4) is 0 Å². The number of amides is 2. The molecule has 2 amide bonds. The Morgan fingerprint density at radius 2 is 1.61 bits per heavy atom. The number of hydrogen-bond acceptors (Lipinski definition) is 2. The highest BCUT2D eigenvalue weighted by molar-refractivity contribution is 5.88. The molecule has 178 valence electrons. The van der Waals surface area contributed by atoms with Crippen LogP contribution in [0, 0.1) is 5.82 Å². The lowest BCUT2D eigenvalue weighted by molar-refractivity contribution is -0.141. The Kier molecular flexibility index (Phi) is 9.04. The van der Waals surface area contributed by atoms with Gasteiger partial charge < -0.3 is 10.2 Å². The van der Waals surface area contributed by atoms with E-state index in [-0.39, 0.29) is 23.7 Å². The van der Waals surface area contributed by atoms with Gasteiger partial charge in [0.05, 0.1) is 0 Å². The molecule has 1 fully saturated rings. The Hall–Kier alpha value is -2.69. The second-order valence-electron chi connectivity index (χ2n) is 9.46. The number of rotatable bonds is 10. The van der Waals surface area contributed by atoms with Crippen LogP contribution in [0.25, 0.3) is 0 Å². The number of carbonyl (C=O) groups excluding carboxylic acids is 2. The summed E-state index contributed by atoms with van der Waals surface area (Å²) < 4.78 is 13.4. The molecule has 1 atom stereocenters. The molecule has 1 saturated carbocycles. The number of halogens is 1. The van der Waals surface area contributed by atoms with Crippen molar-refractivity contribution in [2.75, 3.05) is 0 Å². The highest BCUT2D eigenvalue weighted by Gasteiger charge is 2.30. The molecule has 1 N–H and O–H groups in total. The maximum absolute atomic E-state index is 13.4. The van der Waals surface area contributed by atoms with Gasteiger partial charge >= 0.3 is 0 Å². The summed E-state index contributed by atoms with van der Waals surface area (Å²) >= 11 is 0. The number of benzene rings is 2. The summed E-state index contributed by atoms with van der Waals surface area (Å²) in [7, 11) is 0. The average Bonchev–Trinajstić information content (AvgIpc) is 3.32. The third kappa shape index (κ3) is 7.15. The first kappa shape index (κ1) is 24.9.